The second kappa shape index (κ2) is 8.67. The van der Waals surface area contributed by atoms with Crippen molar-refractivity contribution < 1.29 is 13.2 Å². The lowest BCUT2D eigenvalue weighted by Crippen LogP contribution is -2.45. The number of hydrogen-bond donors (Lipinski definition) is 1. The van der Waals surface area contributed by atoms with E-state index in [0.29, 0.717) is 19.5 Å². The molecule has 1 amide bonds. The molecule has 0 saturated carbocycles. The molecule has 0 unspecified atom stereocenters. The molecule has 2 aromatic carbocycles. The Labute approximate surface area is 161 Å². The molecule has 1 aliphatic heterocycles. The first-order chi connectivity index (χ1) is 12.9. The van der Waals surface area contributed by atoms with Gasteiger partial charge >= 0.3 is 0 Å². The van der Waals surface area contributed by atoms with Crippen molar-refractivity contribution in [1.29, 1.82) is 0 Å². The summed E-state index contributed by atoms with van der Waals surface area (Å²) < 4.78 is 26.9. The Morgan fingerprint density at radius 3 is 2.59 bits per heavy atom. The Morgan fingerprint density at radius 2 is 1.85 bits per heavy atom. The van der Waals surface area contributed by atoms with Crippen molar-refractivity contribution in [3.63, 3.8) is 0 Å². The first-order valence-electron chi connectivity index (χ1n) is 9.29. The second-order valence-corrected chi connectivity index (χ2v) is 9.11. The highest BCUT2D eigenvalue weighted by atomic mass is 32.2. The summed E-state index contributed by atoms with van der Waals surface area (Å²) in [7, 11) is -3.42. The quantitative estimate of drug-likeness (QED) is 0.830. The summed E-state index contributed by atoms with van der Waals surface area (Å²) in [5.41, 5.74) is 2.97. The number of amides is 1. The highest BCUT2D eigenvalue weighted by Crippen LogP contribution is 2.22. The second-order valence-electron chi connectivity index (χ2n) is 7.15. The number of carbonyl (C=O) groups is 1. The van der Waals surface area contributed by atoms with Gasteiger partial charge in [-0.25, -0.2) is 12.7 Å². The van der Waals surface area contributed by atoms with Gasteiger partial charge in [0, 0.05) is 19.6 Å². The van der Waals surface area contributed by atoms with Gasteiger partial charge in [-0.3, -0.25) is 4.79 Å². The Balaban J connectivity index is 1.59. The molecular formula is C21H26N2O3S. The minimum absolute atomic E-state index is 0.0223. The Hall–Kier alpha value is -2.18. The largest absolute Gasteiger partial charge is 0.352 e. The minimum atomic E-state index is -3.42. The number of carbonyl (C=O) groups excluding carboxylic acids is 1. The van der Waals surface area contributed by atoms with Gasteiger partial charge in [-0.1, -0.05) is 60.2 Å². The fourth-order valence-corrected chi connectivity index (χ4v) is 5.05. The van der Waals surface area contributed by atoms with E-state index in [1.807, 2.05) is 61.5 Å². The van der Waals surface area contributed by atoms with E-state index >= 15 is 0 Å². The summed E-state index contributed by atoms with van der Waals surface area (Å²) >= 11 is 0. The smallest absolute Gasteiger partial charge is 0.224 e. The molecule has 27 heavy (non-hydrogen) atoms. The SMILES string of the molecule is Cc1cccc(CNC(=O)[C@@H]2CCCN(S(=O)(=O)Cc3ccccc3)C2)c1. The molecular weight excluding hydrogens is 360 g/mol. The van der Waals surface area contributed by atoms with Gasteiger partial charge in [0.05, 0.1) is 11.7 Å². The van der Waals surface area contributed by atoms with Crippen LogP contribution in [-0.4, -0.2) is 31.7 Å². The fraction of sp³-hybridized carbons (Fsp3) is 0.381. The Bertz CT molecular complexity index is 881. The van der Waals surface area contributed by atoms with Crippen LogP contribution in [0.25, 0.3) is 0 Å². The van der Waals surface area contributed by atoms with E-state index in [-0.39, 0.29) is 24.1 Å². The number of aryl methyl sites for hydroxylation is 1. The molecule has 0 aromatic heterocycles. The van der Waals surface area contributed by atoms with Crippen molar-refractivity contribution in [2.45, 2.75) is 32.1 Å². The number of sulfonamides is 1. The first-order valence-corrected chi connectivity index (χ1v) is 10.9. The molecule has 6 heteroatoms. The van der Waals surface area contributed by atoms with Gasteiger partial charge in [-0.05, 0) is 30.9 Å². The van der Waals surface area contributed by atoms with Crippen LogP contribution in [0, 0.1) is 12.8 Å². The third kappa shape index (κ3) is 5.40. The monoisotopic (exact) mass is 386 g/mol. The van der Waals surface area contributed by atoms with Crippen LogP contribution < -0.4 is 5.32 Å². The molecule has 2 aromatic rings. The highest BCUT2D eigenvalue weighted by Gasteiger charge is 2.32. The van der Waals surface area contributed by atoms with Crippen molar-refractivity contribution in [3.05, 3.63) is 71.3 Å². The lowest BCUT2D eigenvalue weighted by molar-refractivity contribution is -0.126. The predicted octanol–water partition coefficient (Wildman–Crippen LogP) is 2.85. The van der Waals surface area contributed by atoms with Crippen molar-refractivity contribution in [1.82, 2.24) is 9.62 Å². The lowest BCUT2D eigenvalue weighted by Gasteiger charge is -2.31. The van der Waals surface area contributed by atoms with Gasteiger partial charge in [-0.2, -0.15) is 0 Å². The zero-order chi connectivity index (χ0) is 19.3. The van der Waals surface area contributed by atoms with Gasteiger partial charge in [0.1, 0.15) is 0 Å². The summed E-state index contributed by atoms with van der Waals surface area (Å²) in [5.74, 6) is -0.393. The van der Waals surface area contributed by atoms with Crippen molar-refractivity contribution in [2.24, 2.45) is 5.92 Å². The van der Waals surface area contributed by atoms with E-state index in [2.05, 4.69) is 5.32 Å². The summed E-state index contributed by atoms with van der Waals surface area (Å²) in [6.45, 7) is 3.22. The van der Waals surface area contributed by atoms with Crippen LogP contribution in [0.3, 0.4) is 0 Å². The summed E-state index contributed by atoms with van der Waals surface area (Å²) in [5, 5.41) is 2.96. The van der Waals surface area contributed by atoms with Crippen LogP contribution in [0.2, 0.25) is 0 Å². The Kier molecular flexibility index (Phi) is 6.29. The van der Waals surface area contributed by atoms with Crippen LogP contribution in [-0.2, 0) is 27.1 Å². The van der Waals surface area contributed by atoms with E-state index in [9.17, 15) is 13.2 Å². The standard InChI is InChI=1S/C21H26N2O3S/c1-17-7-5-10-19(13-17)14-22-21(24)20-11-6-12-23(15-20)27(25,26)16-18-8-3-2-4-9-18/h2-5,7-10,13,20H,6,11-12,14-16H2,1H3,(H,22,24)/t20-/m1/s1. The molecule has 1 atom stereocenters. The normalized spacial score (nSPS) is 18.2. The van der Waals surface area contributed by atoms with Crippen molar-refractivity contribution in [3.8, 4) is 0 Å². The number of piperidine rings is 1. The number of nitrogens with one attached hydrogen (secondary N) is 1. The minimum Gasteiger partial charge on any atom is -0.352 e. The summed E-state index contributed by atoms with van der Waals surface area (Å²) in [4.78, 5) is 12.6. The molecule has 0 radical (unpaired) electrons. The lowest BCUT2D eigenvalue weighted by atomic mass is 9.98. The number of hydrogen-bond acceptors (Lipinski definition) is 3. The average Bonchev–Trinajstić information content (AvgIpc) is 2.67. The number of rotatable bonds is 6. The fourth-order valence-electron chi connectivity index (χ4n) is 3.44. The maximum atomic E-state index is 12.7. The molecule has 1 heterocycles. The summed E-state index contributed by atoms with van der Waals surface area (Å²) in [6, 6.07) is 17.2. The van der Waals surface area contributed by atoms with Crippen LogP contribution in [0.4, 0.5) is 0 Å². The average molecular weight is 387 g/mol. The molecule has 1 saturated heterocycles. The van der Waals surface area contributed by atoms with Gasteiger partial charge in [0.2, 0.25) is 15.9 Å². The van der Waals surface area contributed by atoms with Gasteiger partial charge in [-0.15, -0.1) is 0 Å². The molecule has 0 bridgehead atoms. The molecule has 3 rings (SSSR count). The molecule has 5 nitrogen and oxygen atoms in total. The molecule has 0 spiro atoms. The van der Waals surface area contributed by atoms with Crippen LogP contribution in [0.5, 0.6) is 0 Å². The molecule has 1 fully saturated rings. The third-order valence-corrected chi connectivity index (χ3v) is 6.71. The van der Waals surface area contributed by atoms with Gasteiger partial charge in [0.15, 0.2) is 0 Å². The topological polar surface area (TPSA) is 66.5 Å². The van der Waals surface area contributed by atoms with Gasteiger partial charge < -0.3 is 5.32 Å². The van der Waals surface area contributed by atoms with Crippen LogP contribution in [0.15, 0.2) is 54.6 Å². The van der Waals surface area contributed by atoms with E-state index in [4.69, 9.17) is 0 Å². The number of nitrogens with zero attached hydrogens (tertiary/aromatic N) is 1. The molecule has 144 valence electrons. The summed E-state index contributed by atoms with van der Waals surface area (Å²) in [6.07, 6.45) is 1.42. The van der Waals surface area contributed by atoms with E-state index in [1.54, 1.807) is 0 Å². The van der Waals surface area contributed by atoms with E-state index < -0.39 is 10.0 Å². The van der Waals surface area contributed by atoms with Gasteiger partial charge in [0.25, 0.3) is 0 Å². The first kappa shape index (κ1) is 19.6. The zero-order valence-corrected chi connectivity index (χ0v) is 16.4. The third-order valence-electron chi connectivity index (χ3n) is 4.89. The maximum absolute atomic E-state index is 12.7. The van der Waals surface area contributed by atoms with Crippen molar-refractivity contribution >= 4 is 15.9 Å². The van der Waals surface area contributed by atoms with Crippen LogP contribution in [0.1, 0.15) is 29.5 Å². The predicted molar refractivity (Wildman–Crippen MR) is 106 cm³/mol. The zero-order valence-electron chi connectivity index (χ0n) is 15.6. The molecule has 1 N–H and O–H groups in total. The van der Waals surface area contributed by atoms with Crippen molar-refractivity contribution in [2.75, 3.05) is 13.1 Å². The highest BCUT2D eigenvalue weighted by molar-refractivity contribution is 7.88. The number of benzene rings is 2. The van der Waals surface area contributed by atoms with E-state index in [0.717, 1.165) is 23.1 Å². The van der Waals surface area contributed by atoms with E-state index in [1.165, 1.54) is 4.31 Å². The van der Waals surface area contributed by atoms with Crippen LogP contribution >= 0.6 is 0 Å². The maximum Gasteiger partial charge on any atom is 0.224 e. The molecule has 0 aliphatic carbocycles. The molecule has 1 aliphatic rings. The Morgan fingerprint density at radius 1 is 1.11 bits per heavy atom.